The highest BCUT2D eigenvalue weighted by Crippen LogP contribution is 2.32. The Kier molecular flexibility index (Phi) is 4.00. The lowest BCUT2D eigenvalue weighted by Crippen LogP contribution is -2.30. The molecule has 0 aromatic carbocycles. The molecule has 6 nitrogen and oxygen atoms in total. The lowest BCUT2D eigenvalue weighted by Gasteiger charge is -2.23. The first-order valence-corrected chi connectivity index (χ1v) is 7.70. The minimum absolute atomic E-state index is 0.0506. The summed E-state index contributed by atoms with van der Waals surface area (Å²) in [5.41, 5.74) is 2.78. The molecule has 1 fully saturated rings. The van der Waals surface area contributed by atoms with Gasteiger partial charge in [-0.25, -0.2) is 0 Å². The molecular weight excluding hydrogens is 282 g/mol. The Morgan fingerprint density at radius 3 is 2.77 bits per heavy atom. The molecule has 1 aliphatic heterocycles. The van der Waals surface area contributed by atoms with Crippen LogP contribution in [0.2, 0.25) is 0 Å². The third-order valence-electron chi connectivity index (χ3n) is 4.33. The summed E-state index contributed by atoms with van der Waals surface area (Å²) in [5.74, 6) is 1.74. The maximum absolute atomic E-state index is 12.6. The second-order valence-corrected chi connectivity index (χ2v) is 5.91. The predicted molar refractivity (Wildman–Crippen MR) is 79.2 cm³/mol. The quantitative estimate of drug-likeness (QED) is 0.868. The van der Waals surface area contributed by atoms with Crippen LogP contribution >= 0.6 is 0 Å². The number of hydrogen-bond acceptors (Lipinski definition) is 5. The van der Waals surface area contributed by atoms with Gasteiger partial charge in [0, 0.05) is 24.6 Å². The molecule has 0 radical (unpaired) electrons. The molecule has 0 bridgehead atoms. The van der Waals surface area contributed by atoms with Crippen LogP contribution < -0.4 is 0 Å². The van der Waals surface area contributed by atoms with E-state index in [-0.39, 0.29) is 11.9 Å². The first-order valence-electron chi connectivity index (χ1n) is 7.70. The van der Waals surface area contributed by atoms with E-state index in [4.69, 9.17) is 9.05 Å². The molecule has 0 unspecified atom stereocenters. The molecular formula is C16H21N3O3. The zero-order valence-electron chi connectivity index (χ0n) is 13.3. The van der Waals surface area contributed by atoms with Crippen molar-refractivity contribution in [3.8, 4) is 0 Å². The van der Waals surface area contributed by atoms with E-state index in [1.807, 2.05) is 31.7 Å². The molecule has 0 saturated carbocycles. The van der Waals surface area contributed by atoms with E-state index in [1.54, 1.807) is 0 Å². The molecule has 22 heavy (non-hydrogen) atoms. The van der Waals surface area contributed by atoms with Gasteiger partial charge in [-0.2, -0.15) is 0 Å². The van der Waals surface area contributed by atoms with Gasteiger partial charge in [-0.05, 0) is 40.0 Å². The molecule has 3 rings (SSSR count). The number of amides is 1. The van der Waals surface area contributed by atoms with Crippen molar-refractivity contribution in [2.75, 3.05) is 6.54 Å². The van der Waals surface area contributed by atoms with Gasteiger partial charge in [0.1, 0.15) is 17.2 Å². The fourth-order valence-electron chi connectivity index (χ4n) is 3.15. The molecule has 2 aromatic heterocycles. The Morgan fingerprint density at radius 1 is 1.32 bits per heavy atom. The number of rotatable bonds is 4. The van der Waals surface area contributed by atoms with Crippen LogP contribution in [-0.2, 0) is 11.2 Å². The van der Waals surface area contributed by atoms with Gasteiger partial charge in [0.15, 0.2) is 0 Å². The van der Waals surface area contributed by atoms with Crippen LogP contribution in [0.3, 0.4) is 0 Å². The average molecular weight is 303 g/mol. The lowest BCUT2D eigenvalue weighted by atomic mass is 10.1. The topological polar surface area (TPSA) is 72.4 Å². The van der Waals surface area contributed by atoms with E-state index in [1.165, 1.54) is 0 Å². The smallest absolute Gasteiger partial charge is 0.223 e. The first-order chi connectivity index (χ1) is 10.6. The average Bonchev–Trinajstić information content (AvgIpc) is 3.18. The van der Waals surface area contributed by atoms with Crippen LogP contribution in [0.25, 0.3) is 0 Å². The zero-order valence-corrected chi connectivity index (χ0v) is 13.3. The molecule has 1 atom stereocenters. The van der Waals surface area contributed by atoms with Gasteiger partial charge in [0.05, 0.1) is 11.7 Å². The van der Waals surface area contributed by atoms with Crippen molar-refractivity contribution in [1.82, 2.24) is 15.2 Å². The number of aromatic nitrogens is 2. The number of hydrogen-bond donors (Lipinski definition) is 0. The summed E-state index contributed by atoms with van der Waals surface area (Å²) >= 11 is 0. The van der Waals surface area contributed by atoms with Crippen LogP contribution in [0, 0.1) is 20.8 Å². The molecule has 1 aliphatic rings. The number of carbonyl (C=O) groups is 1. The number of carbonyl (C=O) groups excluding carboxylic acids is 1. The van der Waals surface area contributed by atoms with Crippen LogP contribution in [0.15, 0.2) is 15.1 Å². The van der Waals surface area contributed by atoms with Gasteiger partial charge in [-0.15, -0.1) is 0 Å². The van der Waals surface area contributed by atoms with Gasteiger partial charge in [0.2, 0.25) is 5.91 Å². The minimum Gasteiger partial charge on any atom is -0.361 e. The van der Waals surface area contributed by atoms with Crippen LogP contribution in [0.1, 0.15) is 53.8 Å². The fraction of sp³-hybridized carbons (Fsp3) is 0.562. The summed E-state index contributed by atoms with van der Waals surface area (Å²) in [6, 6.07) is 1.97. The highest BCUT2D eigenvalue weighted by Gasteiger charge is 2.31. The van der Waals surface area contributed by atoms with E-state index in [0.717, 1.165) is 47.9 Å². The second kappa shape index (κ2) is 5.94. The standard InChI is InChI=1S/C16H21N3O3/c1-10-9-14(18-21-10)15-5-4-8-19(15)16(20)7-6-13-11(2)17-22-12(13)3/h9,15H,4-8H2,1-3H3/t15-/m0/s1. The molecule has 6 heteroatoms. The van der Waals surface area contributed by atoms with E-state index >= 15 is 0 Å². The normalized spacial score (nSPS) is 18.1. The number of nitrogens with zero attached hydrogens (tertiary/aromatic N) is 3. The third-order valence-corrected chi connectivity index (χ3v) is 4.33. The van der Waals surface area contributed by atoms with Crippen LogP contribution in [0.4, 0.5) is 0 Å². The largest absolute Gasteiger partial charge is 0.361 e. The molecule has 0 spiro atoms. The van der Waals surface area contributed by atoms with E-state index in [0.29, 0.717) is 12.8 Å². The van der Waals surface area contributed by atoms with E-state index < -0.39 is 0 Å². The van der Waals surface area contributed by atoms with Gasteiger partial charge in [-0.3, -0.25) is 4.79 Å². The molecule has 1 saturated heterocycles. The van der Waals surface area contributed by atoms with Crippen LogP contribution in [-0.4, -0.2) is 27.7 Å². The van der Waals surface area contributed by atoms with E-state index in [9.17, 15) is 4.79 Å². The van der Waals surface area contributed by atoms with Gasteiger partial charge < -0.3 is 13.9 Å². The number of aryl methyl sites for hydroxylation is 3. The van der Waals surface area contributed by atoms with Crippen molar-refractivity contribution in [3.63, 3.8) is 0 Å². The predicted octanol–water partition coefficient (Wildman–Crippen LogP) is 2.88. The van der Waals surface area contributed by atoms with Crippen molar-refractivity contribution in [3.05, 3.63) is 34.5 Å². The summed E-state index contributed by atoms with van der Waals surface area (Å²) in [4.78, 5) is 14.5. The molecule has 3 heterocycles. The van der Waals surface area contributed by atoms with Gasteiger partial charge in [0.25, 0.3) is 0 Å². The minimum atomic E-state index is 0.0506. The maximum Gasteiger partial charge on any atom is 0.223 e. The molecule has 1 amide bonds. The van der Waals surface area contributed by atoms with Crippen molar-refractivity contribution in [2.45, 2.75) is 52.5 Å². The lowest BCUT2D eigenvalue weighted by molar-refractivity contribution is -0.132. The van der Waals surface area contributed by atoms with Crippen molar-refractivity contribution in [1.29, 1.82) is 0 Å². The van der Waals surface area contributed by atoms with Crippen molar-refractivity contribution < 1.29 is 13.8 Å². The Hall–Kier alpha value is -2.11. The second-order valence-electron chi connectivity index (χ2n) is 5.91. The highest BCUT2D eigenvalue weighted by molar-refractivity contribution is 5.77. The summed E-state index contributed by atoms with van der Waals surface area (Å²) in [5, 5.41) is 8.01. The molecule has 118 valence electrons. The van der Waals surface area contributed by atoms with E-state index in [2.05, 4.69) is 10.3 Å². The third kappa shape index (κ3) is 2.77. The monoisotopic (exact) mass is 303 g/mol. The van der Waals surface area contributed by atoms with Gasteiger partial charge in [-0.1, -0.05) is 10.3 Å². The summed E-state index contributed by atoms with van der Waals surface area (Å²) in [6.45, 7) is 6.45. The first kappa shape index (κ1) is 14.8. The van der Waals surface area contributed by atoms with Crippen molar-refractivity contribution in [2.24, 2.45) is 0 Å². The van der Waals surface area contributed by atoms with Gasteiger partial charge >= 0.3 is 0 Å². The SMILES string of the molecule is Cc1cc([C@@H]2CCCN2C(=O)CCc2c(C)noc2C)no1. The fourth-order valence-corrected chi connectivity index (χ4v) is 3.15. The molecule has 0 N–H and O–H groups in total. The van der Waals surface area contributed by atoms with Crippen molar-refractivity contribution >= 4 is 5.91 Å². The zero-order chi connectivity index (χ0) is 15.7. The summed E-state index contributed by atoms with van der Waals surface area (Å²) in [7, 11) is 0. The molecule has 2 aromatic rings. The summed E-state index contributed by atoms with van der Waals surface area (Å²) < 4.78 is 10.3. The Balaban J connectivity index is 1.66. The Labute approximate surface area is 129 Å². The molecule has 0 aliphatic carbocycles. The highest BCUT2D eigenvalue weighted by atomic mass is 16.5. The maximum atomic E-state index is 12.6. The summed E-state index contributed by atoms with van der Waals surface area (Å²) in [6.07, 6.45) is 3.09. The number of likely N-dealkylation sites (tertiary alicyclic amines) is 1. The Morgan fingerprint density at radius 2 is 2.14 bits per heavy atom. The Bertz CT molecular complexity index is 654. The van der Waals surface area contributed by atoms with Crippen LogP contribution in [0.5, 0.6) is 0 Å².